The summed E-state index contributed by atoms with van der Waals surface area (Å²) in [6.07, 6.45) is 92.6. The summed E-state index contributed by atoms with van der Waals surface area (Å²) in [6.45, 7) is 4.55. The van der Waals surface area contributed by atoms with Crippen molar-refractivity contribution in [3.8, 4) is 0 Å². The first-order valence-corrected chi connectivity index (χ1v) is 45.1. The molecule has 19 heteroatoms. The number of rotatable bonds is 78. The molecule has 0 saturated carbocycles. The fraction of sp³-hybridized carbons (Fsp3) is 0.685. The number of hydrogen-bond donors (Lipinski definition) is 3. The lowest BCUT2D eigenvalue weighted by molar-refractivity contribution is -0.161. The van der Waals surface area contributed by atoms with Crippen LogP contribution in [0.1, 0.15) is 336 Å². The molecule has 5 atom stereocenters. The number of carbonyl (C=O) groups excluding carboxylic acids is 4. The van der Waals surface area contributed by atoms with Crippen LogP contribution in [-0.4, -0.2) is 96.7 Å². The van der Waals surface area contributed by atoms with Crippen molar-refractivity contribution in [2.45, 2.75) is 354 Å². The Morgan fingerprint density at radius 3 is 0.815 bits per heavy atom. The second-order valence-corrected chi connectivity index (χ2v) is 30.6. The van der Waals surface area contributed by atoms with Crippen LogP contribution in [0.25, 0.3) is 0 Å². The van der Waals surface area contributed by atoms with Crippen LogP contribution in [-0.2, 0) is 65.4 Å². The zero-order valence-corrected chi connectivity index (χ0v) is 69.5. The van der Waals surface area contributed by atoms with Gasteiger partial charge in [-0.1, -0.05) is 321 Å². The monoisotopic (exact) mass is 1550 g/mol. The molecule has 5 unspecified atom stereocenters. The molecule has 0 aliphatic heterocycles. The van der Waals surface area contributed by atoms with Crippen molar-refractivity contribution >= 4 is 39.5 Å². The first-order valence-electron chi connectivity index (χ1n) is 42.1. The number of phosphoric acid groups is 2. The molecule has 108 heavy (non-hydrogen) atoms. The largest absolute Gasteiger partial charge is 0.472 e. The number of hydrogen-bond acceptors (Lipinski definition) is 15. The van der Waals surface area contributed by atoms with Gasteiger partial charge in [-0.2, -0.15) is 0 Å². The minimum atomic E-state index is -5.00. The Kier molecular flexibility index (Phi) is 76.3. The van der Waals surface area contributed by atoms with E-state index in [-0.39, 0.29) is 25.7 Å². The van der Waals surface area contributed by atoms with Gasteiger partial charge in [-0.05, 0) is 135 Å². The van der Waals surface area contributed by atoms with E-state index in [4.69, 9.17) is 37.0 Å². The third kappa shape index (κ3) is 79.0. The summed E-state index contributed by atoms with van der Waals surface area (Å²) >= 11 is 0. The Bertz CT molecular complexity index is 2610. The minimum Gasteiger partial charge on any atom is -0.462 e. The number of unbranched alkanes of at least 4 members (excludes halogenated alkanes) is 28. The fourth-order valence-electron chi connectivity index (χ4n) is 11.0. The van der Waals surface area contributed by atoms with E-state index in [1.165, 1.54) is 103 Å². The molecule has 0 aliphatic rings. The van der Waals surface area contributed by atoms with Gasteiger partial charge in [0.05, 0.1) is 26.4 Å². The number of aliphatic hydroxyl groups is 1. The number of phosphoric ester groups is 2. The van der Waals surface area contributed by atoms with Crippen LogP contribution in [0.15, 0.2) is 146 Å². The van der Waals surface area contributed by atoms with Crippen LogP contribution in [0.2, 0.25) is 0 Å². The molecule has 0 bridgehead atoms. The summed E-state index contributed by atoms with van der Waals surface area (Å²) in [5.74, 6) is -2.31. The molecule has 618 valence electrons. The standard InChI is InChI=1S/C89H150O17P2/c1-5-9-13-17-21-25-29-33-37-39-41-43-47-49-53-57-61-65-69-73-86(91)99-79-84(105-88(93)75-71-67-63-59-55-51-45-35-31-27-23-19-15-11-7-3)81-103-107(95,96)101-77-83(90)78-102-108(97,98)104-82-85(106-89(94)76-72-68-64-60-56-52-46-36-32-28-24-20-16-12-8-4)80-100-87(92)74-70-66-62-58-54-50-48-44-42-40-38-34-30-26-22-18-14-10-6-2/h9-10,13-14,21-22,25-26,33-35,37-38,41-45,49-50,53-54,62,66,83-85,90H,5-8,11-12,15-20,23-24,27-32,36,39-40,46-48,51-52,55-61,63-65,67-82H2,1-4H3,(H,95,96)(H,97,98)/b13-9-,14-10-,25-21-,26-22-,37-33-,38-34-,43-41-,44-42-,45-35-,53-49-,54-50-,66-62-. The van der Waals surface area contributed by atoms with Gasteiger partial charge in [-0.15, -0.1) is 0 Å². The number of carbonyl (C=O) groups is 4. The molecule has 0 heterocycles. The van der Waals surface area contributed by atoms with Crippen molar-refractivity contribution in [1.82, 2.24) is 0 Å². The number of aliphatic hydroxyl groups excluding tert-OH is 1. The molecule has 0 radical (unpaired) electrons. The lowest BCUT2D eigenvalue weighted by Gasteiger charge is -2.21. The average molecular weight is 1550 g/mol. The molecule has 3 N–H and O–H groups in total. The van der Waals surface area contributed by atoms with Gasteiger partial charge in [0.25, 0.3) is 0 Å². The summed E-state index contributed by atoms with van der Waals surface area (Å²) in [4.78, 5) is 73.2. The zero-order chi connectivity index (χ0) is 78.9. The molecular formula is C89H150O17P2. The second-order valence-electron chi connectivity index (χ2n) is 27.7. The van der Waals surface area contributed by atoms with E-state index in [0.29, 0.717) is 32.1 Å². The molecule has 0 spiro atoms. The smallest absolute Gasteiger partial charge is 0.462 e. The molecule has 0 aromatic rings. The van der Waals surface area contributed by atoms with Gasteiger partial charge >= 0.3 is 39.5 Å². The predicted octanol–water partition coefficient (Wildman–Crippen LogP) is 25.0. The highest BCUT2D eigenvalue weighted by molar-refractivity contribution is 7.47. The van der Waals surface area contributed by atoms with Gasteiger partial charge in [-0.3, -0.25) is 37.3 Å². The lowest BCUT2D eigenvalue weighted by atomic mass is 10.0. The van der Waals surface area contributed by atoms with Crippen LogP contribution in [0.5, 0.6) is 0 Å². The maximum Gasteiger partial charge on any atom is 0.472 e. The third-order valence-corrected chi connectivity index (χ3v) is 19.2. The quantitative estimate of drug-likeness (QED) is 0.0169. The SMILES string of the molecule is CC/C=C\C/C=C\C/C=C\C/C=C\C/C=C\C/C=C\CCC(=O)OCC(COP(=O)(O)OCC(O)COP(=O)(O)OCC(COC(=O)CCCCC/C=C\C/C=C\C/C=C\C/C=C\C/C=C\CC)OC(=O)CCCCCCC/C=C\CCCCCCCC)OC(=O)CCCCCCCCCCCCCCCCC. The average Bonchev–Trinajstić information content (AvgIpc) is 0.923. The lowest BCUT2D eigenvalue weighted by Crippen LogP contribution is -2.30. The highest BCUT2D eigenvalue weighted by Gasteiger charge is 2.30. The first-order chi connectivity index (χ1) is 52.7. The van der Waals surface area contributed by atoms with Crippen LogP contribution >= 0.6 is 15.6 Å². The Labute approximate surface area is 656 Å². The highest BCUT2D eigenvalue weighted by Crippen LogP contribution is 2.45. The van der Waals surface area contributed by atoms with Crippen molar-refractivity contribution in [3.05, 3.63) is 146 Å². The van der Waals surface area contributed by atoms with Gasteiger partial charge in [0.2, 0.25) is 0 Å². The molecule has 0 fully saturated rings. The minimum absolute atomic E-state index is 0.0343. The van der Waals surface area contributed by atoms with Crippen molar-refractivity contribution in [1.29, 1.82) is 0 Å². The van der Waals surface area contributed by atoms with E-state index in [0.717, 1.165) is 148 Å². The predicted molar refractivity (Wildman–Crippen MR) is 445 cm³/mol. The van der Waals surface area contributed by atoms with Crippen LogP contribution in [0.3, 0.4) is 0 Å². The van der Waals surface area contributed by atoms with E-state index in [2.05, 4.69) is 155 Å². The van der Waals surface area contributed by atoms with E-state index in [1.54, 1.807) is 0 Å². The normalized spacial score (nSPS) is 14.5. The first kappa shape index (κ1) is 103. The van der Waals surface area contributed by atoms with Gasteiger partial charge < -0.3 is 33.8 Å². The molecule has 0 saturated heterocycles. The Morgan fingerprint density at radius 2 is 0.500 bits per heavy atom. The fourth-order valence-corrected chi connectivity index (χ4v) is 12.6. The Balaban J connectivity index is 5.46. The molecule has 0 aromatic carbocycles. The van der Waals surface area contributed by atoms with Crippen molar-refractivity contribution in [2.24, 2.45) is 0 Å². The maximum atomic E-state index is 13.1. The highest BCUT2D eigenvalue weighted by atomic mass is 31.2. The number of esters is 4. The van der Waals surface area contributed by atoms with Gasteiger partial charge in [0.1, 0.15) is 19.3 Å². The van der Waals surface area contributed by atoms with E-state index >= 15 is 0 Å². The summed E-state index contributed by atoms with van der Waals surface area (Å²) in [6, 6.07) is 0. The topological polar surface area (TPSA) is 237 Å². The summed E-state index contributed by atoms with van der Waals surface area (Å²) in [5.41, 5.74) is 0. The summed E-state index contributed by atoms with van der Waals surface area (Å²) < 4.78 is 68.7. The third-order valence-electron chi connectivity index (χ3n) is 17.3. The van der Waals surface area contributed by atoms with Crippen molar-refractivity contribution in [2.75, 3.05) is 39.6 Å². The Morgan fingerprint density at radius 1 is 0.269 bits per heavy atom. The molecule has 17 nitrogen and oxygen atoms in total. The molecular weight excluding hydrogens is 1400 g/mol. The molecule has 0 amide bonds. The van der Waals surface area contributed by atoms with E-state index < -0.39 is 97.5 Å². The summed E-state index contributed by atoms with van der Waals surface area (Å²) in [5, 5.41) is 10.7. The summed E-state index contributed by atoms with van der Waals surface area (Å²) in [7, 11) is -10.00. The zero-order valence-electron chi connectivity index (χ0n) is 67.7. The van der Waals surface area contributed by atoms with Crippen LogP contribution < -0.4 is 0 Å². The van der Waals surface area contributed by atoms with Gasteiger partial charge in [0, 0.05) is 25.7 Å². The maximum absolute atomic E-state index is 13.1. The van der Waals surface area contributed by atoms with E-state index in [9.17, 15) is 43.2 Å². The van der Waals surface area contributed by atoms with Crippen molar-refractivity contribution in [3.63, 3.8) is 0 Å². The van der Waals surface area contributed by atoms with Gasteiger partial charge in [0.15, 0.2) is 12.2 Å². The van der Waals surface area contributed by atoms with Crippen molar-refractivity contribution < 1.29 is 80.2 Å². The Hall–Kier alpha value is -5.06. The van der Waals surface area contributed by atoms with Gasteiger partial charge in [-0.25, -0.2) is 9.13 Å². The molecule has 0 aromatic heterocycles. The number of ether oxygens (including phenoxy) is 4. The molecule has 0 rings (SSSR count). The molecule has 0 aliphatic carbocycles. The van der Waals surface area contributed by atoms with E-state index in [1.807, 2.05) is 18.2 Å². The second kappa shape index (κ2) is 80.0. The van der Waals surface area contributed by atoms with Crippen LogP contribution in [0, 0.1) is 0 Å². The van der Waals surface area contributed by atoms with Crippen LogP contribution in [0.4, 0.5) is 0 Å². The number of allylic oxidation sites excluding steroid dienone is 24.